The second-order valence-electron chi connectivity index (χ2n) is 9.07. The molecule has 4 N–H and O–H groups in total. The predicted octanol–water partition coefficient (Wildman–Crippen LogP) is 3.92. The molecule has 0 saturated heterocycles. The minimum absolute atomic E-state index is 0.0178. The number of nitrogens with two attached hydrogens (primary N) is 1. The molecule has 0 fully saturated rings. The van der Waals surface area contributed by atoms with Crippen LogP contribution in [0.1, 0.15) is 40.9 Å². The normalized spacial score (nSPS) is 11.9. The van der Waals surface area contributed by atoms with Crippen molar-refractivity contribution in [1.29, 1.82) is 0 Å². The van der Waals surface area contributed by atoms with E-state index in [1.807, 2.05) is 32.0 Å². The van der Waals surface area contributed by atoms with Crippen LogP contribution in [0.3, 0.4) is 0 Å². The van der Waals surface area contributed by atoms with Gasteiger partial charge in [0.25, 0.3) is 17.9 Å². The molecule has 4 aromatic rings. The van der Waals surface area contributed by atoms with Crippen LogP contribution in [0.2, 0.25) is 0 Å². The molecule has 0 aliphatic heterocycles. The number of hydrogen-bond acceptors (Lipinski definition) is 5. The van der Waals surface area contributed by atoms with Gasteiger partial charge in [-0.1, -0.05) is 42.0 Å². The number of nitrogen functional groups attached to an aromatic ring is 1. The molecule has 4 rings (SSSR count). The van der Waals surface area contributed by atoms with Gasteiger partial charge in [-0.2, -0.15) is 10.2 Å². The van der Waals surface area contributed by atoms with Gasteiger partial charge in [-0.15, -0.1) is 0 Å². The summed E-state index contributed by atoms with van der Waals surface area (Å²) in [7, 11) is 0. The van der Waals surface area contributed by atoms with Gasteiger partial charge >= 0.3 is 0 Å². The van der Waals surface area contributed by atoms with Crippen molar-refractivity contribution in [3.63, 3.8) is 0 Å². The number of alkyl halides is 2. The average molecular weight is 481 g/mol. The molecular formula is C25H26F2N6O2. The number of nitrogens with one attached hydrogen (secondary N) is 2. The zero-order chi connectivity index (χ0) is 25.5. The van der Waals surface area contributed by atoms with Gasteiger partial charge in [-0.25, -0.2) is 18.6 Å². The smallest absolute Gasteiger partial charge is 0.290 e. The second kappa shape index (κ2) is 8.94. The average Bonchev–Trinajstić information content (AvgIpc) is 3.24. The van der Waals surface area contributed by atoms with E-state index in [9.17, 15) is 18.4 Å². The molecule has 2 aromatic carbocycles. The lowest BCUT2D eigenvalue weighted by Gasteiger charge is -2.24. The maximum atomic E-state index is 13.8. The highest BCUT2D eigenvalue weighted by Gasteiger charge is 2.36. The van der Waals surface area contributed by atoms with Crippen molar-refractivity contribution < 1.29 is 13.6 Å². The lowest BCUT2D eigenvalue weighted by atomic mass is 10.0. The number of benzene rings is 2. The number of fused-ring (bicyclic) bond motifs is 1. The number of anilines is 1. The van der Waals surface area contributed by atoms with Crippen LogP contribution in [0.25, 0.3) is 22.2 Å². The third kappa shape index (κ3) is 4.39. The zero-order valence-electron chi connectivity index (χ0n) is 19.8. The zero-order valence-corrected chi connectivity index (χ0v) is 19.8. The van der Waals surface area contributed by atoms with Crippen molar-refractivity contribution in [3.8, 4) is 11.3 Å². The Balaban J connectivity index is 1.66. The Labute approximate surface area is 200 Å². The van der Waals surface area contributed by atoms with Crippen LogP contribution in [0, 0.1) is 13.8 Å². The first-order valence-corrected chi connectivity index (χ1v) is 11.0. The molecule has 0 aliphatic carbocycles. The first-order valence-electron chi connectivity index (χ1n) is 11.0. The summed E-state index contributed by atoms with van der Waals surface area (Å²) in [5.41, 5.74) is 7.71. The second-order valence-corrected chi connectivity index (χ2v) is 9.07. The van der Waals surface area contributed by atoms with E-state index in [0.717, 1.165) is 21.4 Å². The van der Waals surface area contributed by atoms with Gasteiger partial charge in [0.1, 0.15) is 16.7 Å². The third-order valence-corrected chi connectivity index (χ3v) is 6.03. The molecule has 0 atom stereocenters. The Morgan fingerprint density at radius 3 is 2.51 bits per heavy atom. The molecule has 0 spiro atoms. The summed E-state index contributed by atoms with van der Waals surface area (Å²) >= 11 is 0. The Hall–Kier alpha value is -4.08. The number of aromatic amines is 1. The van der Waals surface area contributed by atoms with Crippen LogP contribution >= 0.6 is 0 Å². The molecule has 35 heavy (non-hydrogen) atoms. The highest BCUT2D eigenvalue weighted by molar-refractivity contribution is 5.99. The molecule has 0 radical (unpaired) electrons. The molecule has 0 unspecified atom stereocenters. The number of amides is 1. The van der Waals surface area contributed by atoms with E-state index in [2.05, 4.69) is 20.6 Å². The number of carbonyl (C=O) groups is 1. The molecule has 2 aromatic heterocycles. The van der Waals surface area contributed by atoms with Crippen LogP contribution < -0.4 is 16.6 Å². The highest BCUT2D eigenvalue weighted by Crippen LogP contribution is 2.34. The fourth-order valence-electron chi connectivity index (χ4n) is 3.84. The Morgan fingerprint density at radius 1 is 1.17 bits per heavy atom. The fourth-order valence-corrected chi connectivity index (χ4v) is 3.84. The maximum absolute atomic E-state index is 13.8. The largest absolute Gasteiger partial charge is 0.382 e. The number of H-pyrrole nitrogens is 1. The quantitative estimate of drug-likeness (QED) is 0.387. The van der Waals surface area contributed by atoms with E-state index >= 15 is 0 Å². The molecular weight excluding hydrogens is 454 g/mol. The van der Waals surface area contributed by atoms with Gasteiger partial charge in [0, 0.05) is 17.7 Å². The number of halogens is 2. The molecule has 0 bridgehead atoms. The number of hydrogen-bond donors (Lipinski definition) is 3. The minimum atomic E-state index is -2.78. The summed E-state index contributed by atoms with van der Waals surface area (Å²) in [6, 6.07) is 12.8. The molecule has 1 amide bonds. The van der Waals surface area contributed by atoms with Crippen LogP contribution in [0.5, 0.6) is 0 Å². The molecule has 10 heteroatoms. The first kappa shape index (κ1) is 24.1. The summed E-state index contributed by atoms with van der Waals surface area (Å²) in [5.74, 6) is -0.192. The molecule has 0 saturated carbocycles. The van der Waals surface area contributed by atoms with E-state index in [-0.39, 0.29) is 28.3 Å². The van der Waals surface area contributed by atoms with E-state index in [1.165, 1.54) is 13.8 Å². The summed E-state index contributed by atoms with van der Waals surface area (Å²) in [5, 5.41) is 13.5. The number of nitrogens with zero attached hydrogens (tertiary/aromatic N) is 3. The van der Waals surface area contributed by atoms with Crippen molar-refractivity contribution in [2.45, 2.75) is 46.2 Å². The van der Waals surface area contributed by atoms with Gasteiger partial charge in [-0.3, -0.25) is 9.59 Å². The number of aryl methyl sites for hydroxylation is 2. The van der Waals surface area contributed by atoms with Gasteiger partial charge in [0.05, 0.1) is 5.39 Å². The van der Waals surface area contributed by atoms with E-state index < -0.39 is 17.5 Å². The summed E-state index contributed by atoms with van der Waals surface area (Å²) in [4.78, 5) is 25.1. The SMILES string of the molecule is Cc1ccc(C)c(C(=O)NCc2ccc(-c3nn(C(C)(C)C(F)F)c4c(=O)[nH]nc(N)c34)cc2)c1. The number of aromatic nitrogens is 4. The number of rotatable bonds is 6. The number of carbonyl (C=O) groups excluding carboxylic acids is 1. The van der Waals surface area contributed by atoms with Crippen molar-refractivity contribution in [2.24, 2.45) is 0 Å². The van der Waals surface area contributed by atoms with Crippen LogP contribution in [0.15, 0.2) is 47.3 Å². The maximum Gasteiger partial charge on any atom is 0.290 e. The molecule has 8 nitrogen and oxygen atoms in total. The standard InChI is InChI=1S/C25H26F2N6O2/c1-13-5-6-14(2)17(11-13)22(34)29-12-15-7-9-16(10-8-15)19-18-20(23(35)31-30-21(18)28)33(32-19)25(3,4)24(26)27/h5-11,24H,12H2,1-4H3,(H2,28,30)(H,29,34)(H,31,35). The van der Waals surface area contributed by atoms with Gasteiger partial charge in [0.2, 0.25) is 0 Å². The Morgan fingerprint density at radius 2 is 1.86 bits per heavy atom. The molecule has 2 heterocycles. The molecule has 0 aliphatic rings. The third-order valence-electron chi connectivity index (χ3n) is 6.03. The van der Waals surface area contributed by atoms with E-state index in [4.69, 9.17) is 5.73 Å². The Bertz CT molecular complexity index is 1470. The van der Waals surface area contributed by atoms with Crippen LogP contribution in [0.4, 0.5) is 14.6 Å². The summed E-state index contributed by atoms with van der Waals surface area (Å²) in [6.45, 7) is 6.70. The van der Waals surface area contributed by atoms with Gasteiger partial charge in [0.15, 0.2) is 5.82 Å². The fraction of sp³-hybridized carbons (Fsp3) is 0.280. The van der Waals surface area contributed by atoms with Gasteiger partial charge in [-0.05, 0) is 44.9 Å². The van der Waals surface area contributed by atoms with Crippen molar-refractivity contribution in [2.75, 3.05) is 5.73 Å². The summed E-state index contributed by atoms with van der Waals surface area (Å²) < 4.78 is 28.6. The highest BCUT2D eigenvalue weighted by atomic mass is 19.3. The van der Waals surface area contributed by atoms with Crippen molar-refractivity contribution in [3.05, 3.63) is 75.1 Å². The molecule has 182 valence electrons. The topological polar surface area (TPSA) is 119 Å². The summed E-state index contributed by atoms with van der Waals surface area (Å²) in [6.07, 6.45) is -2.78. The van der Waals surface area contributed by atoms with Crippen molar-refractivity contribution >= 4 is 22.6 Å². The lowest BCUT2D eigenvalue weighted by molar-refractivity contribution is 0.0230. The first-order chi connectivity index (χ1) is 16.5. The Kier molecular flexibility index (Phi) is 6.14. The van der Waals surface area contributed by atoms with Crippen LogP contribution in [-0.2, 0) is 12.1 Å². The van der Waals surface area contributed by atoms with Crippen molar-refractivity contribution in [1.82, 2.24) is 25.3 Å². The monoisotopic (exact) mass is 480 g/mol. The van der Waals surface area contributed by atoms with Crippen LogP contribution in [-0.4, -0.2) is 32.3 Å². The lowest BCUT2D eigenvalue weighted by Crippen LogP contribution is -2.36. The van der Waals surface area contributed by atoms with Gasteiger partial charge < -0.3 is 11.1 Å². The minimum Gasteiger partial charge on any atom is -0.382 e. The predicted molar refractivity (Wildman–Crippen MR) is 130 cm³/mol. The van der Waals surface area contributed by atoms with E-state index in [1.54, 1.807) is 24.3 Å². The van der Waals surface area contributed by atoms with E-state index in [0.29, 0.717) is 17.7 Å².